The van der Waals surface area contributed by atoms with E-state index in [9.17, 15) is 14.0 Å². The SMILES string of the molecule is COc1ccnc(NC(=O)CCn2c(=O)c3cccn3c3ccc(F)cc32)c1. The second kappa shape index (κ2) is 7.15. The maximum Gasteiger partial charge on any atom is 0.275 e. The number of hydrogen-bond acceptors (Lipinski definition) is 4. The molecule has 0 saturated heterocycles. The number of carbonyl (C=O) groups excluding carboxylic acids is 1. The highest BCUT2D eigenvalue weighted by atomic mass is 19.1. The normalized spacial score (nSPS) is 11.1. The van der Waals surface area contributed by atoms with Crippen LogP contribution in [-0.2, 0) is 11.3 Å². The van der Waals surface area contributed by atoms with Crippen molar-refractivity contribution in [1.82, 2.24) is 14.0 Å². The van der Waals surface area contributed by atoms with Gasteiger partial charge in [-0.2, -0.15) is 0 Å². The molecule has 0 aliphatic heterocycles. The Morgan fingerprint density at radius 3 is 2.86 bits per heavy atom. The van der Waals surface area contributed by atoms with Crippen LogP contribution in [0.2, 0.25) is 0 Å². The van der Waals surface area contributed by atoms with Gasteiger partial charge in [0.15, 0.2) is 0 Å². The summed E-state index contributed by atoms with van der Waals surface area (Å²) in [6, 6.07) is 11.0. The van der Waals surface area contributed by atoms with Crippen LogP contribution < -0.4 is 15.6 Å². The molecule has 0 fully saturated rings. The first-order valence-corrected chi connectivity index (χ1v) is 8.66. The topological polar surface area (TPSA) is 77.6 Å². The Bertz CT molecular complexity index is 1250. The smallest absolute Gasteiger partial charge is 0.275 e. The highest BCUT2D eigenvalue weighted by molar-refractivity contribution is 5.90. The average Bonchev–Trinajstić information content (AvgIpc) is 3.18. The molecule has 0 atom stereocenters. The number of benzene rings is 1. The van der Waals surface area contributed by atoms with Crippen LogP contribution in [0, 0.1) is 5.82 Å². The van der Waals surface area contributed by atoms with Crippen LogP contribution in [0.3, 0.4) is 0 Å². The van der Waals surface area contributed by atoms with Gasteiger partial charge in [-0.3, -0.25) is 9.59 Å². The summed E-state index contributed by atoms with van der Waals surface area (Å²) in [4.78, 5) is 29.2. The van der Waals surface area contributed by atoms with Crippen molar-refractivity contribution in [3.63, 3.8) is 0 Å². The van der Waals surface area contributed by atoms with Crippen LogP contribution >= 0.6 is 0 Å². The molecule has 3 heterocycles. The van der Waals surface area contributed by atoms with E-state index in [0.29, 0.717) is 28.1 Å². The largest absolute Gasteiger partial charge is 0.497 e. The molecule has 0 radical (unpaired) electrons. The van der Waals surface area contributed by atoms with Gasteiger partial charge in [0.25, 0.3) is 5.56 Å². The zero-order valence-electron chi connectivity index (χ0n) is 15.1. The number of aromatic nitrogens is 3. The van der Waals surface area contributed by atoms with Crippen LogP contribution in [0.25, 0.3) is 16.6 Å². The van der Waals surface area contributed by atoms with Crippen molar-refractivity contribution >= 4 is 28.3 Å². The maximum absolute atomic E-state index is 13.8. The van der Waals surface area contributed by atoms with E-state index in [2.05, 4.69) is 10.3 Å². The number of methoxy groups -OCH3 is 1. The number of nitrogens with one attached hydrogen (secondary N) is 1. The third-order valence-corrected chi connectivity index (χ3v) is 4.50. The van der Waals surface area contributed by atoms with Gasteiger partial charge in [0.2, 0.25) is 5.91 Å². The average molecular weight is 380 g/mol. The first-order valence-electron chi connectivity index (χ1n) is 8.66. The molecular weight excluding hydrogens is 363 g/mol. The van der Waals surface area contributed by atoms with E-state index in [4.69, 9.17) is 4.74 Å². The molecule has 1 amide bonds. The Balaban J connectivity index is 1.63. The van der Waals surface area contributed by atoms with Gasteiger partial charge in [-0.1, -0.05) is 0 Å². The van der Waals surface area contributed by atoms with Crippen LogP contribution in [-0.4, -0.2) is 27.0 Å². The molecule has 4 rings (SSSR count). The molecule has 1 N–H and O–H groups in total. The molecule has 0 spiro atoms. The van der Waals surface area contributed by atoms with Gasteiger partial charge in [-0.05, 0) is 36.4 Å². The molecule has 3 aromatic heterocycles. The molecule has 0 bridgehead atoms. The number of pyridine rings is 1. The first kappa shape index (κ1) is 17.7. The molecule has 0 unspecified atom stereocenters. The highest BCUT2D eigenvalue weighted by Gasteiger charge is 2.13. The Morgan fingerprint density at radius 1 is 1.18 bits per heavy atom. The van der Waals surface area contributed by atoms with Gasteiger partial charge in [-0.25, -0.2) is 9.37 Å². The number of fused-ring (bicyclic) bond motifs is 3. The van der Waals surface area contributed by atoms with Crippen molar-refractivity contribution in [2.45, 2.75) is 13.0 Å². The molecule has 7 nitrogen and oxygen atoms in total. The summed E-state index contributed by atoms with van der Waals surface area (Å²) >= 11 is 0. The van der Waals surface area contributed by atoms with E-state index in [1.54, 1.807) is 40.9 Å². The fourth-order valence-electron chi connectivity index (χ4n) is 3.18. The summed E-state index contributed by atoms with van der Waals surface area (Å²) in [5, 5.41) is 2.67. The first-order chi connectivity index (χ1) is 13.6. The lowest BCUT2D eigenvalue weighted by atomic mass is 10.2. The zero-order valence-corrected chi connectivity index (χ0v) is 15.1. The summed E-state index contributed by atoms with van der Waals surface area (Å²) in [7, 11) is 1.52. The standard InChI is InChI=1S/C20H17FN4O3/c1-28-14-6-8-22-18(12-14)23-19(26)7-10-25-17-11-13(21)4-5-15(17)24-9-2-3-16(24)20(25)27/h2-6,8-9,11-12H,7,10H2,1H3,(H,22,23,26). The summed E-state index contributed by atoms with van der Waals surface area (Å²) in [5.41, 5.74) is 1.31. The van der Waals surface area contributed by atoms with Crippen molar-refractivity contribution in [2.75, 3.05) is 12.4 Å². The minimum atomic E-state index is -0.447. The molecular formula is C20H17FN4O3. The van der Waals surface area contributed by atoms with E-state index < -0.39 is 5.82 Å². The lowest BCUT2D eigenvalue weighted by molar-refractivity contribution is -0.116. The fraction of sp³-hybridized carbons (Fsp3) is 0.150. The molecule has 28 heavy (non-hydrogen) atoms. The van der Waals surface area contributed by atoms with Crippen molar-refractivity contribution in [1.29, 1.82) is 0 Å². The summed E-state index contributed by atoms with van der Waals surface area (Å²) in [5.74, 6) is 0.168. The molecule has 0 aliphatic carbocycles. The third-order valence-electron chi connectivity index (χ3n) is 4.50. The predicted octanol–water partition coefficient (Wildman–Crippen LogP) is 2.83. The number of carbonyl (C=O) groups is 1. The number of amides is 1. The Labute approximate surface area is 159 Å². The minimum absolute atomic E-state index is 0.0291. The van der Waals surface area contributed by atoms with Crippen molar-refractivity contribution in [2.24, 2.45) is 0 Å². The molecule has 0 saturated carbocycles. The lowest BCUT2D eigenvalue weighted by Crippen LogP contribution is -2.25. The second-order valence-corrected chi connectivity index (χ2v) is 6.23. The van der Waals surface area contributed by atoms with Crippen LogP contribution in [0.4, 0.5) is 10.2 Å². The fourth-order valence-corrected chi connectivity index (χ4v) is 3.18. The van der Waals surface area contributed by atoms with E-state index in [1.165, 1.54) is 30.0 Å². The molecule has 1 aromatic carbocycles. The predicted molar refractivity (Wildman–Crippen MR) is 103 cm³/mol. The van der Waals surface area contributed by atoms with Gasteiger partial charge < -0.3 is 19.0 Å². The highest BCUT2D eigenvalue weighted by Crippen LogP contribution is 2.18. The van der Waals surface area contributed by atoms with Crippen LogP contribution in [0.5, 0.6) is 5.75 Å². The maximum atomic E-state index is 13.8. The van der Waals surface area contributed by atoms with Gasteiger partial charge in [0.1, 0.15) is 22.9 Å². The van der Waals surface area contributed by atoms with Crippen LogP contribution in [0.1, 0.15) is 6.42 Å². The van der Waals surface area contributed by atoms with E-state index >= 15 is 0 Å². The number of rotatable bonds is 5. The number of hydrogen-bond donors (Lipinski definition) is 1. The Hall–Kier alpha value is -3.68. The lowest BCUT2D eigenvalue weighted by Gasteiger charge is -2.13. The van der Waals surface area contributed by atoms with E-state index in [1.807, 2.05) is 0 Å². The number of ether oxygens (including phenoxy) is 1. The number of halogens is 1. The van der Waals surface area contributed by atoms with Crippen molar-refractivity contribution in [3.8, 4) is 5.75 Å². The van der Waals surface area contributed by atoms with Gasteiger partial charge in [0.05, 0.1) is 18.1 Å². The van der Waals surface area contributed by atoms with Gasteiger partial charge in [-0.15, -0.1) is 0 Å². The third kappa shape index (κ3) is 3.20. The number of anilines is 1. The van der Waals surface area contributed by atoms with Crippen LogP contribution in [0.15, 0.2) is 59.7 Å². The minimum Gasteiger partial charge on any atom is -0.497 e. The summed E-state index contributed by atoms with van der Waals surface area (Å²) < 4.78 is 22.0. The monoisotopic (exact) mass is 380 g/mol. The molecule has 142 valence electrons. The molecule has 0 aliphatic rings. The molecule has 4 aromatic rings. The quantitative estimate of drug-likeness (QED) is 0.578. The van der Waals surface area contributed by atoms with E-state index in [0.717, 1.165) is 0 Å². The number of aryl methyl sites for hydroxylation is 1. The van der Waals surface area contributed by atoms with Crippen molar-refractivity contribution in [3.05, 3.63) is 71.0 Å². The Kier molecular flexibility index (Phi) is 4.52. The zero-order chi connectivity index (χ0) is 19.7. The van der Waals surface area contributed by atoms with Gasteiger partial charge in [0, 0.05) is 31.4 Å². The van der Waals surface area contributed by atoms with Gasteiger partial charge >= 0.3 is 0 Å². The Morgan fingerprint density at radius 2 is 2.04 bits per heavy atom. The summed E-state index contributed by atoms with van der Waals surface area (Å²) in [6.45, 7) is 0.107. The van der Waals surface area contributed by atoms with E-state index in [-0.39, 0.29) is 24.4 Å². The molecule has 8 heteroatoms. The second-order valence-electron chi connectivity index (χ2n) is 6.23. The van der Waals surface area contributed by atoms with Crippen molar-refractivity contribution < 1.29 is 13.9 Å². The number of nitrogens with zero attached hydrogens (tertiary/aromatic N) is 3. The summed E-state index contributed by atoms with van der Waals surface area (Å²) in [6.07, 6.45) is 3.31.